The van der Waals surface area contributed by atoms with Gasteiger partial charge in [-0.2, -0.15) is 5.10 Å². The second-order valence-corrected chi connectivity index (χ2v) is 4.05. The summed E-state index contributed by atoms with van der Waals surface area (Å²) in [5, 5.41) is 7.86. The van der Waals surface area contributed by atoms with Crippen LogP contribution in [0.5, 0.6) is 0 Å². The summed E-state index contributed by atoms with van der Waals surface area (Å²) < 4.78 is 0. The van der Waals surface area contributed by atoms with E-state index in [0.717, 1.165) is 17.1 Å². The van der Waals surface area contributed by atoms with E-state index in [1.807, 2.05) is 6.07 Å². The highest BCUT2D eigenvalue weighted by Gasteiger charge is 2.07. The Kier molecular flexibility index (Phi) is 2.14. The highest BCUT2D eigenvalue weighted by Crippen LogP contribution is 2.25. The van der Waals surface area contributed by atoms with Crippen molar-refractivity contribution in [3.8, 4) is 10.7 Å². The summed E-state index contributed by atoms with van der Waals surface area (Å²) in [4.78, 5) is 5.82. The fourth-order valence-electron chi connectivity index (χ4n) is 1.25. The minimum Gasteiger partial charge on any atom is -0.275 e. The lowest BCUT2D eigenvalue weighted by Crippen LogP contribution is -1.82. The van der Waals surface area contributed by atoms with Crippen LogP contribution in [-0.2, 0) is 6.42 Å². The Bertz CT molecular complexity index is 389. The van der Waals surface area contributed by atoms with Gasteiger partial charge in [-0.3, -0.25) is 5.10 Å². The number of aromatic nitrogens is 3. The van der Waals surface area contributed by atoms with Gasteiger partial charge in [0.2, 0.25) is 0 Å². The number of hydrogen-bond acceptors (Lipinski definition) is 3. The van der Waals surface area contributed by atoms with Gasteiger partial charge in [0, 0.05) is 11.1 Å². The van der Waals surface area contributed by atoms with E-state index in [2.05, 4.69) is 29.0 Å². The number of nitrogens with zero attached hydrogens (tertiary/aromatic N) is 2. The number of rotatable bonds is 2. The van der Waals surface area contributed by atoms with Gasteiger partial charge in [-0.1, -0.05) is 6.92 Å². The van der Waals surface area contributed by atoms with E-state index < -0.39 is 0 Å². The summed E-state index contributed by atoms with van der Waals surface area (Å²) in [6.45, 7) is 4.23. The van der Waals surface area contributed by atoms with Gasteiger partial charge in [-0.05, 0) is 19.4 Å². The molecule has 0 saturated heterocycles. The van der Waals surface area contributed by atoms with E-state index in [0.29, 0.717) is 0 Å². The van der Waals surface area contributed by atoms with E-state index >= 15 is 0 Å². The highest BCUT2D eigenvalue weighted by atomic mass is 32.1. The largest absolute Gasteiger partial charge is 0.275 e. The fraction of sp³-hybridized carbons (Fsp3) is 0.333. The van der Waals surface area contributed by atoms with Crippen LogP contribution in [-0.4, -0.2) is 15.2 Å². The van der Waals surface area contributed by atoms with Gasteiger partial charge >= 0.3 is 0 Å². The number of thiazole rings is 1. The monoisotopic (exact) mass is 193 g/mol. The molecule has 0 aliphatic carbocycles. The van der Waals surface area contributed by atoms with Gasteiger partial charge in [-0.15, -0.1) is 11.3 Å². The molecule has 0 atom stereocenters. The van der Waals surface area contributed by atoms with Gasteiger partial charge in [0.15, 0.2) is 0 Å². The Labute approximate surface area is 80.8 Å². The van der Waals surface area contributed by atoms with Crippen molar-refractivity contribution < 1.29 is 0 Å². The molecule has 0 unspecified atom stereocenters. The van der Waals surface area contributed by atoms with Crippen LogP contribution in [0.3, 0.4) is 0 Å². The van der Waals surface area contributed by atoms with E-state index in [4.69, 9.17) is 0 Å². The first-order valence-electron chi connectivity index (χ1n) is 4.27. The molecule has 0 spiro atoms. The number of aromatic amines is 1. The number of nitrogens with one attached hydrogen (secondary N) is 1. The van der Waals surface area contributed by atoms with Crippen molar-refractivity contribution in [3.05, 3.63) is 22.8 Å². The minimum absolute atomic E-state index is 0.996. The second kappa shape index (κ2) is 3.30. The molecule has 0 aliphatic heterocycles. The number of hydrogen-bond donors (Lipinski definition) is 1. The van der Waals surface area contributed by atoms with Crippen molar-refractivity contribution in [2.45, 2.75) is 20.3 Å². The number of aryl methyl sites for hydroxylation is 2. The van der Waals surface area contributed by atoms with Crippen molar-refractivity contribution >= 4 is 11.3 Å². The molecule has 2 rings (SSSR count). The van der Waals surface area contributed by atoms with Crippen molar-refractivity contribution in [2.75, 3.05) is 0 Å². The first-order valence-corrected chi connectivity index (χ1v) is 5.09. The first-order chi connectivity index (χ1) is 6.31. The molecule has 2 aromatic rings. The van der Waals surface area contributed by atoms with Crippen LogP contribution in [0.2, 0.25) is 0 Å². The van der Waals surface area contributed by atoms with E-state index in [-0.39, 0.29) is 0 Å². The smallest absolute Gasteiger partial charge is 0.141 e. The van der Waals surface area contributed by atoms with Crippen LogP contribution in [0.15, 0.2) is 12.3 Å². The molecule has 3 nitrogen and oxygen atoms in total. The van der Waals surface area contributed by atoms with Crippen LogP contribution in [0.4, 0.5) is 0 Å². The molecule has 1 N–H and O–H groups in total. The Balaban J connectivity index is 2.43. The normalized spacial score (nSPS) is 10.6. The highest BCUT2D eigenvalue weighted by molar-refractivity contribution is 7.15. The lowest BCUT2D eigenvalue weighted by molar-refractivity contribution is 1.04. The van der Waals surface area contributed by atoms with Gasteiger partial charge in [0.05, 0.1) is 11.4 Å². The summed E-state index contributed by atoms with van der Waals surface area (Å²) in [5.41, 5.74) is 2.20. The molecule has 0 bridgehead atoms. The first kappa shape index (κ1) is 8.44. The Morgan fingerprint density at radius 2 is 2.38 bits per heavy atom. The molecule has 0 aliphatic rings. The molecule has 2 heterocycles. The Morgan fingerprint density at radius 3 is 2.92 bits per heavy atom. The van der Waals surface area contributed by atoms with Gasteiger partial charge < -0.3 is 0 Å². The predicted octanol–water partition coefficient (Wildman–Crippen LogP) is 2.40. The molecule has 0 amide bonds. The lowest BCUT2D eigenvalue weighted by Gasteiger charge is -1.87. The van der Waals surface area contributed by atoms with E-state index in [1.165, 1.54) is 10.6 Å². The maximum atomic E-state index is 4.52. The average Bonchev–Trinajstić information content (AvgIpc) is 2.71. The predicted molar refractivity (Wildman–Crippen MR) is 53.8 cm³/mol. The average molecular weight is 193 g/mol. The van der Waals surface area contributed by atoms with Gasteiger partial charge in [0.1, 0.15) is 5.01 Å². The SMILES string of the molecule is CCc1nc(-c2ccn[nH]2)sc1C. The Morgan fingerprint density at radius 1 is 1.54 bits per heavy atom. The van der Waals surface area contributed by atoms with Gasteiger partial charge in [0.25, 0.3) is 0 Å². The summed E-state index contributed by atoms with van der Waals surface area (Å²) in [7, 11) is 0. The molecular weight excluding hydrogens is 182 g/mol. The van der Waals surface area contributed by atoms with E-state index in [9.17, 15) is 0 Å². The molecule has 0 aromatic carbocycles. The molecule has 4 heteroatoms. The van der Waals surface area contributed by atoms with Crippen LogP contribution in [0, 0.1) is 6.92 Å². The maximum Gasteiger partial charge on any atom is 0.141 e. The fourth-order valence-corrected chi connectivity index (χ4v) is 2.22. The van der Waals surface area contributed by atoms with Crippen LogP contribution < -0.4 is 0 Å². The molecule has 0 radical (unpaired) electrons. The topological polar surface area (TPSA) is 41.6 Å². The van der Waals surface area contributed by atoms with Crippen molar-refractivity contribution in [1.82, 2.24) is 15.2 Å². The molecule has 68 valence electrons. The summed E-state index contributed by atoms with van der Waals surface area (Å²) in [6.07, 6.45) is 2.74. The molecule has 0 fully saturated rings. The minimum atomic E-state index is 0.996. The van der Waals surface area contributed by atoms with Crippen LogP contribution >= 0.6 is 11.3 Å². The zero-order chi connectivity index (χ0) is 9.26. The molecular formula is C9H11N3S. The van der Waals surface area contributed by atoms with Gasteiger partial charge in [-0.25, -0.2) is 4.98 Å². The van der Waals surface area contributed by atoms with Crippen LogP contribution in [0.1, 0.15) is 17.5 Å². The second-order valence-electron chi connectivity index (χ2n) is 2.85. The zero-order valence-corrected chi connectivity index (χ0v) is 8.48. The number of H-pyrrole nitrogens is 1. The third-order valence-electron chi connectivity index (χ3n) is 1.96. The third kappa shape index (κ3) is 1.49. The van der Waals surface area contributed by atoms with E-state index in [1.54, 1.807) is 17.5 Å². The van der Waals surface area contributed by atoms with Crippen molar-refractivity contribution in [1.29, 1.82) is 0 Å². The molecule has 13 heavy (non-hydrogen) atoms. The summed E-state index contributed by atoms with van der Waals surface area (Å²) in [5.74, 6) is 0. The zero-order valence-electron chi connectivity index (χ0n) is 7.66. The molecule has 0 saturated carbocycles. The van der Waals surface area contributed by atoms with Crippen molar-refractivity contribution in [2.24, 2.45) is 0 Å². The van der Waals surface area contributed by atoms with Crippen LogP contribution in [0.25, 0.3) is 10.7 Å². The summed E-state index contributed by atoms with van der Waals surface area (Å²) in [6, 6.07) is 1.94. The Hall–Kier alpha value is -1.16. The maximum absolute atomic E-state index is 4.52. The standard InChI is InChI=1S/C9H11N3S/c1-3-7-6(2)13-9(11-7)8-4-5-10-12-8/h4-5H,3H2,1-2H3,(H,10,12). The molecule has 2 aromatic heterocycles. The lowest BCUT2D eigenvalue weighted by atomic mass is 10.3. The third-order valence-corrected chi connectivity index (χ3v) is 3.01. The quantitative estimate of drug-likeness (QED) is 0.795. The van der Waals surface area contributed by atoms with Crippen molar-refractivity contribution in [3.63, 3.8) is 0 Å². The summed E-state index contributed by atoms with van der Waals surface area (Å²) >= 11 is 1.71.